The van der Waals surface area contributed by atoms with Gasteiger partial charge in [-0.2, -0.15) is 0 Å². The Labute approximate surface area is 118 Å². The first-order chi connectivity index (χ1) is 8.47. The zero-order valence-corrected chi connectivity index (χ0v) is 13.0. The Bertz CT molecular complexity index is 405. The van der Waals surface area contributed by atoms with Crippen molar-refractivity contribution < 1.29 is 4.74 Å². The van der Waals surface area contributed by atoms with E-state index in [-0.39, 0.29) is 5.41 Å². The van der Waals surface area contributed by atoms with Crippen molar-refractivity contribution in [3.8, 4) is 5.75 Å². The molecule has 1 saturated heterocycles. The molecule has 1 aliphatic rings. The maximum absolute atomic E-state index is 6.04. The second kappa shape index (κ2) is 5.62. The fourth-order valence-corrected chi connectivity index (χ4v) is 2.64. The van der Waals surface area contributed by atoms with Crippen LogP contribution in [0, 0.1) is 5.92 Å². The van der Waals surface area contributed by atoms with Gasteiger partial charge in [-0.3, -0.25) is 0 Å². The van der Waals surface area contributed by atoms with E-state index in [2.05, 4.69) is 60.2 Å². The van der Waals surface area contributed by atoms with E-state index in [0.717, 1.165) is 29.9 Å². The van der Waals surface area contributed by atoms with Gasteiger partial charge in [-0.15, -0.1) is 0 Å². The molecule has 0 bridgehead atoms. The van der Waals surface area contributed by atoms with Crippen LogP contribution in [0.2, 0.25) is 0 Å². The van der Waals surface area contributed by atoms with Gasteiger partial charge in [-0.05, 0) is 36.6 Å². The molecule has 18 heavy (non-hydrogen) atoms. The summed E-state index contributed by atoms with van der Waals surface area (Å²) in [7, 11) is 0. The fraction of sp³-hybridized carbons (Fsp3) is 0.600. The zero-order valence-electron chi connectivity index (χ0n) is 11.4. The van der Waals surface area contributed by atoms with Crippen LogP contribution in [-0.2, 0) is 5.41 Å². The number of ether oxygens (including phenoxy) is 1. The Balaban J connectivity index is 2.11. The Morgan fingerprint density at radius 1 is 1.39 bits per heavy atom. The van der Waals surface area contributed by atoms with Gasteiger partial charge in [0.2, 0.25) is 0 Å². The highest BCUT2D eigenvalue weighted by Gasteiger charge is 2.21. The Morgan fingerprint density at radius 3 is 2.78 bits per heavy atom. The highest BCUT2D eigenvalue weighted by Crippen LogP contribution is 2.34. The molecule has 0 radical (unpaired) electrons. The van der Waals surface area contributed by atoms with Gasteiger partial charge >= 0.3 is 0 Å². The number of benzene rings is 1. The van der Waals surface area contributed by atoms with Gasteiger partial charge in [-0.25, -0.2) is 0 Å². The second-order valence-corrected chi connectivity index (χ2v) is 6.98. The molecule has 2 nitrogen and oxygen atoms in total. The van der Waals surface area contributed by atoms with E-state index in [1.807, 2.05) is 0 Å². The molecular weight excluding hydrogens is 290 g/mol. The van der Waals surface area contributed by atoms with Crippen LogP contribution >= 0.6 is 15.9 Å². The number of hydrogen-bond donors (Lipinski definition) is 1. The van der Waals surface area contributed by atoms with Crippen molar-refractivity contribution >= 4 is 15.9 Å². The topological polar surface area (TPSA) is 21.3 Å². The normalized spacial score (nSPS) is 20.1. The molecule has 1 fully saturated rings. The first-order valence-electron chi connectivity index (χ1n) is 6.60. The quantitative estimate of drug-likeness (QED) is 0.918. The van der Waals surface area contributed by atoms with Gasteiger partial charge < -0.3 is 10.1 Å². The van der Waals surface area contributed by atoms with Gasteiger partial charge in [0.15, 0.2) is 0 Å². The van der Waals surface area contributed by atoms with E-state index < -0.39 is 0 Å². The van der Waals surface area contributed by atoms with Gasteiger partial charge in [0.1, 0.15) is 5.75 Å². The van der Waals surface area contributed by atoms with E-state index in [1.165, 1.54) is 12.0 Å². The number of halogens is 1. The molecule has 0 spiro atoms. The zero-order chi connectivity index (χ0) is 13.2. The van der Waals surface area contributed by atoms with Crippen LogP contribution in [-0.4, -0.2) is 19.7 Å². The SMILES string of the molecule is CC(C)(C)c1cc(Br)ccc1OC[C@H]1CCNC1. The third-order valence-electron chi connectivity index (χ3n) is 3.39. The highest BCUT2D eigenvalue weighted by molar-refractivity contribution is 9.10. The summed E-state index contributed by atoms with van der Waals surface area (Å²) in [6.45, 7) is 9.69. The molecular formula is C15H22BrNO. The monoisotopic (exact) mass is 311 g/mol. The van der Waals surface area contributed by atoms with Crippen molar-refractivity contribution in [1.29, 1.82) is 0 Å². The maximum Gasteiger partial charge on any atom is 0.123 e. The van der Waals surface area contributed by atoms with Crippen LogP contribution in [0.25, 0.3) is 0 Å². The minimum Gasteiger partial charge on any atom is -0.493 e. The molecule has 1 aromatic carbocycles. The fourth-order valence-electron chi connectivity index (χ4n) is 2.28. The summed E-state index contributed by atoms with van der Waals surface area (Å²) in [5.74, 6) is 1.68. The van der Waals surface area contributed by atoms with Gasteiger partial charge in [0.05, 0.1) is 6.61 Å². The molecule has 1 aliphatic heterocycles. The van der Waals surface area contributed by atoms with Crippen molar-refractivity contribution in [2.75, 3.05) is 19.7 Å². The lowest BCUT2D eigenvalue weighted by atomic mass is 9.86. The minimum atomic E-state index is 0.104. The number of rotatable bonds is 3. The molecule has 1 atom stereocenters. The molecule has 1 aromatic rings. The van der Waals surface area contributed by atoms with E-state index in [9.17, 15) is 0 Å². The predicted molar refractivity (Wildman–Crippen MR) is 79.3 cm³/mol. The van der Waals surface area contributed by atoms with E-state index in [4.69, 9.17) is 4.74 Å². The van der Waals surface area contributed by atoms with Crippen LogP contribution in [0.4, 0.5) is 0 Å². The first kappa shape index (κ1) is 13.9. The van der Waals surface area contributed by atoms with Crippen molar-refractivity contribution in [3.05, 3.63) is 28.2 Å². The maximum atomic E-state index is 6.04. The van der Waals surface area contributed by atoms with E-state index in [0.29, 0.717) is 5.92 Å². The van der Waals surface area contributed by atoms with E-state index in [1.54, 1.807) is 0 Å². The van der Waals surface area contributed by atoms with Crippen LogP contribution in [0.15, 0.2) is 22.7 Å². The van der Waals surface area contributed by atoms with Crippen molar-refractivity contribution in [2.45, 2.75) is 32.6 Å². The first-order valence-corrected chi connectivity index (χ1v) is 7.39. The van der Waals surface area contributed by atoms with Crippen molar-refractivity contribution in [1.82, 2.24) is 5.32 Å². The number of nitrogens with one attached hydrogen (secondary N) is 1. The van der Waals surface area contributed by atoms with Gasteiger partial charge in [0.25, 0.3) is 0 Å². The Morgan fingerprint density at radius 2 is 2.17 bits per heavy atom. The lowest BCUT2D eigenvalue weighted by Crippen LogP contribution is -2.18. The summed E-state index contributed by atoms with van der Waals surface area (Å²) in [5.41, 5.74) is 1.37. The molecule has 100 valence electrons. The Kier molecular flexibility index (Phi) is 4.33. The van der Waals surface area contributed by atoms with Crippen LogP contribution in [0.5, 0.6) is 5.75 Å². The third-order valence-corrected chi connectivity index (χ3v) is 3.88. The largest absolute Gasteiger partial charge is 0.493 e. The summed E-state index contributed by atoms with van der Waals surface area (Å²) < 4.78 is 7.15. The summed E-state index contributed by atoms with van der Waals surface area (Å²) in [6.07, 6.45) is 1.22. The number of hydrogen-bond acceptors (Lipinski definition) is 2. The molecule has 1 N–H and O–H groups in total. The van der Waals surface area contributed by atoms with Gasteiger partial charge in [0, 0.05) is 22.5 Å². The smallest absolute Gasteiger partial charge is 0.123 e. The highest BCUT2D eigenvalue weighted by atomic mass is 79.9. The molecule has 0 amide bonds. The predicted octanol–water partition coefficient (Wildman–Crippen LogP) is 3.73. The summed E-state index contributed by atoms with van der Waals surface area (Å²) in [6, 6.07) is 6.30. The summed E-state index contributed by atoms with van der Waals surface area (Å²) in [4.78, 5) is 0. The van der Waals surface area contributed by atoms with Gasteiger partial charge in [-0.1, -0.05) is 36.7 Å². The van der Waals surface area contributed by atoms with Crippen LogP contribution < -0.4 is 10.1 Å². The average Bonchev–Trinajstić information content (AvgIpc) is 2.79. The third kappa shape index (κ3) is 3.48. The molecule has 2 rings (SSSR count). The van der Waals surface area contributed by atoms with Crippen molar-refractivity contribution in [2.24, 2.45) is 5.92 Å². The molecule has 1 heterocycles. The summed E-state index contributed by atoms with van der Waals surface area (Å²) in [5, 5.41) is 3.38. The minimum absolute atomic E-state index is 0.104. The molecule has 0 saturated carbocycles. The molecule has 0 aromatic heterocycles. The molecule has 0 aliphatic carbocycles. The molecule has 0 unspecified atom stereocenters. The van der Waals surface area contributed by atoms with Crippen LogP contribution in [0.1, 0.15) is 32.8 Å². The average molecular weight is 312 g/mol. The van der Waals surface area contributed by atoms with Crippen molar-refractivity contribution in [3.63, 3.8) is 0 Å². The Hall–Kier alpha value is -0.540. The second-order valence-electron chi connectivity index (χ2n) is 6.06. The lowest BCUT2D eigenvalue weighted by molar-refractivity contribution is 0.254. The molecule has 3 heteroatoms. The van der Waals surface area contributed by atoms with E-state index >= 15 is 0 Å². The lowest BCUT2D eigenvalue weighted by Gasteiger charge is -2.24. The van der Waals surface area contributed by atoms with Crippen LogP contribution in [0.3, 0.4) is 0 Å². The summed E-state index contributed by atoms with van der Waals surface area (Å²) >= 11 is 3.54. The standard InChI is InChI=1S/C15H22BrNO/c1-15(2,3)13-8-12(16)4-5-14(13)18-10-11-6-7-17-9-11/h4-5,8,11,17H,6-7,9-10H2,1-3H3/t11-/m0/s1.